The second-order valence-corrected chi connectivity index (χ2v) is 26.6. The number of anilines is 2. The molecule has 10 aliphatic rings. The van der Waals surface area contributed by atoms with Gasteiger partial charge in [0.05, 0.1) is 51.8 Å². The van der Waals surface area contributed by atoms with Crippen LogP contribution in [0.1, 0.15) is 24.0 Å². The van der Waals surface area contributed by atoms with Crippen LogP contribution in [-0.4, -0.2) is 124 Å². The van der Waals surface area contributed by atoms with E-state index in [2.05, 4.69) is 0 Å². The lowest BCUT2D eigenvalue weighted by Crippen LogP contribution is -2.78. The molecule has 2 spiro atoms. The van der Waals surface area contributed by atoms with E-state index in [-0.39, 0.29) is 34.0 Å². The Kier molecular flexibility index (Phi) is 8.25. The van der Waals surface area contributed by atoms with Crippen molar-refractivity contribution in [3.63, 3.8) is 0 Å². The van der Waals surface area contributed by atoms with Crippen LogP contribution in [0.15, 0.2) is 119 Å². The van der Waals surface area contributed by atoms with Gasteiger partial charge in [0.15, 0.2) is 15.5 Å². The Morgan fingerprint density at radius 3 is 1.67 bits per heavy atom. The fraction of sp³-hybridized carbons (Fsp3) is 0.349. The van der Waals surface area contributed by atoms with Crippen molar-refractivity contribution in [1.82, 2.24) is 14.7 Å². The van der Waals surface area contributed by atoms with Crippen molar-refractivity contribution in [3.8, 4) is 0 Å². The number of para-hydroxylation sites is 2. The van der Waals surface area contributed by atoms with Crippen molar-refractivity contribution in [2.24, 2.45) is 5.92 Å². The second-order valence-electron chi connectivity index (χ2n) is 17.5. The summed E-state index contributed by atoms with van der Waals surface area (Å²) >= 11 is 0. The molecule has 0 radical (unpaired) electrons. The standard InChI is InChI=1S/C43H37N5O10S6/c1-44-35(52)40-21-38(27-17-9-11-19-29(27)47(63(55,56)25-13-5-3-6-14-25)32(38)31(40)33(51)42(44,23-49)61-59-40)39-22-41-36(53)45(2)43(24-50,62-60-41)37(54)46(41)34(39)48(30-20-12-10-18-28(30)39)64(57,58)26-15-7-4-8-16-26/h3-20,31-32,34,49-50H,21-24H2,1-2H3/t31?,32-,34+,38+,39+,40-,41+,42+,43+/m1/s1. The van der Waals surface area contributed by atoms with Gasteiger partial charge in [-0.15, -0.1) is 0 Å². The Morgan fingerprint density at radius 2 is 1.08 bits per heavy atom. The lowest BCUT2D eigenvalue weighted by molar-refractivity contribution is -0.166. The van der Waals surface area contributed by atoms with Gasteiger partial charge in [-0.25, -0.2) is 21.1 Å². The Balaban J connectivity index is 1.25. The van der Waals surface area contributed by atoms with Gasteiger partial charge in [0.2, 0.25) is 10.8 Å². The molecule has 1 unspecified atom stereocenters. The topological polar surface area (TPSA) is 193 Å². The Hall–Kier alpha value is -4.22. The minimum Gasteiger partial charge on any atom is -0.392 e. The maximum atomic E-state index is 15.7. The van der Waals surface area contributed by atoms with Gasteiger partial charge in [-0.2, -0.15) is 0 Å². The molecule has 15 nitrogen and oxygen atoms in total. The number of likely N-dealkylation sites (N-methyl/N-ethyl adjacent to an activating group) is 2. The molecule has 0 aromatic heterocycles. The van der Waals surface area contributed by atoms with Crippen molar-refractivity contribution in [2.45, 2.75) is 65.0 Å². The summed E-state index contributed by atoms with van der Waals surface area (Å²) in [6.45, 7) is -1.56. The van der Waals surface area contributed by atoms with Crippen molar-refractivity contribution >= 4 is 98.1 Å². The average Bonchev–Trinajstić information content (AvgIpc) is 3.99. The number of Topliss-reactive ketones (excluding diaryl/α,β-unsaturated/α-hetero) is 1. The molecule has 64 heavy (non-hydrogen) atoms. The first-order valence-corrected chi connectivity index (χ1v) is 27.5. The highest BCUT2D eigenvalue weighted by molar-refractivity contribution is 8.78. The maximum absolute atomic E-state index is 15.7. The van der Waals surface area contributed by atoms with E-state index in [1.165, 1.54) is 61.7 Å². The van der Waals surface area contributed by atoms with E-state index in [9.17, 15) is 10.2 Å². The van der Waals surface area contributed by atoms with E-state index in [4.69, 9.17) is 0 Å². The van der Waals surface area contributed by atoms with Crippen molar-refractivity contribution in [3.05, 3.63) is 120 Å². The molecular weight excluding hydrogens is 939 g/mol. The van der Waals surface area contributed by atoms with Gasteiger partial charge < -0.3 is 20.0 Å². The number of fused-ring (bicyclic) bond motifs is 11. The number of hydrogen-bond acceptors (Lipinski definition) is 14. The number of hydrogen-bond donors (Lipinski definition) is 2. The summed E-state index contributed by atoms with van der Waals surface area (Å²) in [6, 6.07) is 27.5. The molecule has 4 aromatic rings. The summed E-state index contributed by atoms with van der Waals surface area (Å²) in [5.74, 6) is -3.77. The van der Waals surface area contributed by atoms with Crippen LogP contribution in [-0.2, 0) is 50.1 Å². The fourth-order valence-electron chi connectivity index (χ4n) is 12.6. The quantitative estimate of drug-likeness (QED) is 0.256. The van der Waals surface area contributed by atoms with Crippen LogP contribution in [0.2, 0.25) is 0 Å². The molecule has 4 bridgehead atoms. The SMILES string of the molecule is CN1C(=O)[C@@]23C[C@]4([C@]56C[C@@]78SS[C@@](CO)(C(=O)N7[C@H]5N(S(=O)(=O)c5ccccc5)c5ccccc56)N(C)C8=O)c5ccccc5N(S(=O)(=O)c5ccccc5)[C@@H]4C2C(=O)[C@]1(CO)SS3. The van der Waals surface area contributed by atoms with Crippen LogP contribution in [0.25, 0.3) is 0 Å². The van der Waals surface area contributed by atoms with E-state index in [1.54, 1.807) is 84.9 Å². The summed E-state index contributed by atoms with van der Waals surface area (Å²) in [5, 5.41) is 22.2. The molecule has 2 N–H and O–H groups in total. The average molecular weight is 976 g/mol. The number of sulfonamides is 2. The smallest absolute Gasteiger partial charge is 0.266 e. The minimum atomic E-state index is -4.68. The highest BCUT2D eigenvalue weighted by Gasteiger charge is 2.90. The van der Waals surface area contributed by atoms with Gasteiger partial charge >= 0.3 is 0 Å². The number of piperidine rings is 1. The van der Waals surface area contributed by atoms with Gasteiger partial charge in [-0.3, -0.25) is 28.4 Å². The Bertz CT molecular complexity index is 2840. The normalized spacial score (nSPS) is 36.6. The minimum absolute atomic E-state index is 0.101. The number of carbonyl (C=O) groups is 4. The Labute approximate surface area is 383 Å². The van der Waals surface area contributed by atoms with Crippen LogP contribution in [0.4, 0.5) is 11.4 Å². The number of nitrogens with zero attached hydrogens (tertiary/aromatic N) is 5. The summed E-state index contributed by atoms with van der Waals surface area (Å²) in [6.07, 6.45) is -2.11. The molecule has 9 aliphatic heterocycles. The van der Waals surface area contributed by atoms with E-state index >= 15 is 36.0 Å². The number of aliphatic hydroxyl groups is 2. The maximum Gasteiger partial charge on any atom is 0.266 e. The van der Waals surface area contributed by atoms with Gasteiger partial charge in [0.25, 0.3) is 31.9 Å². The molecule has 330 valence electrons. The zero-order chi connectivity index (χ0) is 44.8. The molecule has 9 atom stereocenters. The zero-order valence-corrected chi connectivity index (χ0v) is 38.7. The number of carbonyl (C=O) groups excluding carboxylic acids is 4. The van der Waals surface area contributed by atoms with Gasteiger partial charge in [0.1, 0.15) is 10.9 Å². The largest absolute Gasteiger partial charge is 0.392 e. The lowest BCUT2D eigenvalue weighted by Gasteiger charge is -2.58. The van der Waals surface area contributed by atoms with E-state index in [0.717, 1.165) is 43.2 Å². The number of aliphatic hydroxyl groups excluding tert-OH is 2. The number of rotatable bonds is 7. The molecule has 3 amide bonds. The summed E-state index contributed by atoms with van der Waals surface area (Å²) in [7, 11) is -2.21. The third-order valence-electron chi connectivity index (χ3n) is 15.3. The van der Waals surface area contributed by atoms with Gasteiger partial charge in [0, 0.05) is 25.9 Å². The van der Waals surface area contributed by atoms with Crippen LogP contribution >= 0.6 is 43.2 Å². The third kappa shape index (κ3) is 4.19. The van der Waals surface area contributed by atoms with Crippen molar-refractivity contribution in [2.75, 3.05) is 35.9 Å². The van der Waals surface area contributed by atoms with Crippen LogP contribution < -0.4 is 8.61 Å². The highest BCUT2D eigenvalue weighted by atomic mass is 33.1. The predicted molar refractivity (Wildman–Crippen MR) is 242 cm³/mol. The monoisotopic (exact) mass is 975 g/mol. The number of piperazine rings is 1. The molecular formula is C43H37N5O10S6. The van der Waals surface area contributed by atoms with Crippen LogP contribution in [0.3, 0.4) is 0 Å². The number of ketones is 1. The third-order valence-corrected chi connectivity index (χ3v) is 26.3. The summed E-state index contributed by atoms with van der Waals surface area (Å²) in [5.41, 5.74) is -2.43. The number of benzene rings is 4. The molecule has 9 heterocycles. The molecule has 8 fully saturated rings. The zero-order valence-electron chi connectivity index (χ0n) is 33.8. The van der Waals surface area contributed by atoms with E-state index < -0.39 is 105 Å². The highest BCUT2D eigenvalue weighted by Crippen LogP contribution is 2.82. The summed E-state index contributed by atoms with van der Waals surface area (Å²) < 4.78 is 63.6. The number of amides is 3. The first-order valence-electron chi connectivity index (χ1n) is 20.3. The van der Waals surface area contributed by atoms with Crippen LogP contribution in [0, 0.1) is 5.92 Å². The van der Waals surface area contributed by atoms with Crippen LogP contribution in [0.5, 0.6) is 0 Å². The molecule has 1 saturated carbocycles. The first-order chi connectivity index (χ1) is 30.5. The molecule has 21 heteroatoms. The Morgan fingerprint density at radius 1 is 0.578 bits per heavy atom. The lowest BCUT2D eigenvalue weighted by atomic mass is 9.53. The van der Waals surface area contributed by atoms with Gasteiger partial charge in [-0.05, 0) is 64.7 Å². The molecule has 7 saturated heterocycles. The van der Waals surface area contributed by atoms with E-state index in [0.29, 0.717) is 11.1 Å². The van der Waals surface area contributed by atoms with Gasteiger partial charge in [-0.1, -0.05) is 105 Å². The molecule has 1 aliphatic carbocycles. The second kappa shape index (κ2) is 12.8. The van der Waals surface area contributed by atoms with Crippen molar-refractivity contribution in [1.29, 1.82) is 0 Å². The molecule has 14 rings (SSSR count). The summed E-state index contributed by atoms with van der Waals surface area (Å²) in [4.78, 5) is 60.1. The molecule has 4 aromatic carbocycles. The van der Waals surface area contributed by atoms with Crippen molar-refractivity contribution < 1.29 is 46.2 Å². The first kappa shape index (κ1) is 41.2. The fourth-order valence-corrected chi connectivity index (χ4v) is 23.5. The predicted octanol–water partition coefficient (Wildman–Crippen LogP) is 3.34. The van der Waals surface area contributed by atoms with E-state index in [1.807, 2.05) is 0 Å².